The van der Waals surface area contributed by atoms with Crippen molar-refractivity contribution in [1.82, 2.24) is 5.32 Å². The van der Waals surface area contributed by atoms with Crippen LogP contribution in [0.4, 0.5) is 0 Å². The molecule has 0 spiro atoms. The molecule has 0 bridgehead atoms. The molecule has 0 radical (unpaired) electrons. The number of hydrogen-bond donors (Lipinski definition) is 2. The third-order valence-corrected chi connectivity index (χ3v) is 2.62. The zero-order chi connectivity index (χ0) is 8.16. The lowest BCUT2D eigenvalue weighted by Crippen LogP contribution is -2.34. The van der Waals surface area contributed by atoms with Gasteiger partial charge < -0.3 is 10.4 Å². The molecule has 0 aromatic heterocycles. The van der Waals surface area contributed by atoms with E-state index in [2.05, 4.69) is 5.32 Å². The summed E-state index contributed by atoms with van der Waals surface area (Å²) < 4.78 is 0. The second-order valence-electron chi connectivity index (χ2n) is 3.64. The smallest absolute Gasteiger partial charge is 0.0659 e. The first-order valence-corrected chi connectivity index (χ1v) is 4.64. The van der Waals surface area contributed by atoms with E-state index in [-0.39, 0.29) is 5.60 Å². The van der Waals surface area contributed by atoms with Crippen molar-refractivity contribution < 1.29 is 5.11 Å². The van der Waals surface area contributed by atoms with E-state index in [0.717, 1.165) is 25.8 Å². The van der Waals surface area contributed by atoms with Crippen LogP contribution in [0.1, 0.15) is 38.5 Å². The monoisotopic (exact) mass is 157 g/mol. The second kappa shape index (κ2) is 4.07. The van der Waals surface area contributed by atoms with Gasteiger partial charge in [-0.1, -0.05) is 19.3 Å². The minimum Gasteiger partial charge on any atom is -0.390 e. The van der Waals surface area contributed by atoms with Crippen molar-refractivity contribution in [2.75, 3.05) is 13.6 Å². The van der Waals surface area contributed by atoms with E-state index >= 15 is 0 Å². The van der Waals surface area contributed by atoms with Crippen molar-refractivity contribution >= 4 is 0 Å². The maximum Gasteiger partial charge on any atom is 0.0659 e. The molecule has 0 heterocycles. The van der Waals surface area contributed by atoms with E-state index in [4.69, 9.17) is 0 Å². The van der Waals surface area contributed by atoms with Gasteiger partial charge in [0.05, 0.1) is 5.60 Å². The first kappa shape index (κ1) is 9.01. The van der Waals surface area contributed by atoms with Crippen LogP contribution >= 0.6 is 0 Å². The van der Waals surface area contributed by atoms with Gasteiger partial charge in [0.15, 0.2) is 0 Å². The van der Waals surface area contributed by atoms with Crippen LogP contribution < -0.4 is 5.32 Å². The van der Waals surface area contributed by atoms with Crippen LogP contribution in [-0.4, -0.2) is 24.3 Å². The van der Waals surface area contributed by atoms with Crippen LogP contribution in [0.5, 0.6) is 0 Å². The molecule has 2 heteroatoms. The molecule has 11 heavy (non-hydrogen) atoms. The van der Waals surface area contributed by atoms with Gasteiger partial charge in [0.2, 0.25) is 0 Å². The third kappa shape index (κ3) is 2.80. The average Bonchev–Trinajstić information content (AvgIpc) is 2.03. The van der Waals surface area contributed by atoms with Crippen molar-refractivity contribution in [2.24, 2.45) is 0 Å². The summed E-state index contributed by atoms with van der Waals surface area (Å²) in [4.78, 5) is 0. The molecule has 0 aromatic rings. The molecule has 1 fully saturated rings. The summed E-state index contributed by atoms with van der Waals surface area (Å²) in [5.74, 6) is 0. The molecule has 1 saturated carbocycles. The van der Waals surface area contributed by atoms with Crippen LogP contribution in [-0.2, 0) is 0 Å². The van der Waals surface area contributed by atoms with Gasteiger partial charge in [0.1, 0.15) is 0 Å². The molecule has 2 N–H and O–H groups in total. The SMILES string of the molecule is CNCCC1(O)CCCCC1. The highest BCUT2D eigenvalue weighted by Gasteiger charge is 2.27. The van der Waals surface area contributed by atoms with Gasteiger partial charge in [-0.15, -0.1) is 0 Å². The second-order valence-corrected chi connectivity index (χ2v) is 3.64. The Morgan fingerprint density at radius 3 is 2.45 bits per heavy atom. The summed E-state index contributed by atoms with van der Waals surface area (Å²) >= 11 is 0. The van der Waals surface area contributed by atoms with E-state index in [1.165, 1.54) is 19.3 Å². The van der Waals surface area contributed by atoms with Gasteiger partial charge >= 0.3 is 0 Å². The largest absolute Gasteiger partial charge is 0.390 e. The topological polar surface area (TPSA) is 32.3 Å². The lowest BCUT2D eigenvalue weighted by atomic mass is 9.82. The lowest BCUT2D eigenvalue weighted by Gasteiger charge is -2.31. The quantitative estimate of drug-likeness (QED) is 0.647. The Kier molecular flexibility index (Phi) is 3.34. The van der Waals surface area contributed by atoms with E-state index in [1.807, 2.05) is 7.05 Å². The van der Waals surface area contributed by atoms with Gasteiger partial charge in [0.25, 0.3) is 0 Å². The summed E-state index contributed by atoms with van der Waals surface area (Å²) in [6.45, 7) is 0.941. The number of hydrogen-bond acceptors (Lipinski definition) is 2. The Labute approximate surface area is 69.0 Å². The molecule has 66 valence electrons. The van der Waals surface area contributed by atoms with Crippen molar-refractivity contribution in [2.45, 2.75) is 44.1 Å². The predicted octanol–water partition coefficient (Wildman–Crippen LogP) is 1.29. The van der Waals surface area contributed by atoms with E-state index in [9.17, 15) is 5.11 Å². The highest BCUT2D eigenvalue weighted by Crippen LogP contribution is 2.30. The molecule has 2 nitrogen and oxygen atoms in total. The first-order chi connectivity index (χ1) is 5.27. The fourth-order valence-corrected chi connectivity index (χ4v) is 1.82. The lowest BCUT2D eigenvalue weighted by molar-refractivity contribution is -0.00286. The molecule has 0 aromatic carbocycles. The summed E-state index contributed by atoms with van der Waals surface area (Å²) in [6.07, 6.45) is 6.66. The minimum atomic E-state index is -0.332. The van der Waals surface area contributed by atoms with E-state index in [0.29, 0.717) is 0 Å². The summed E-state index contributed by atoms with van der Waals surface area (Å²) in [5, 5.41) is 13.0. The van der Waals surface area contributed by atoms with Crippen LogP contribution in [0.15, 0.2) is 0 Å². The van der Waals surface area contributed by atoms with Gasteiger partial charge in [0, 0.05) is 0 Å². The summed E-state index contributed by atoms with van der Waals surface area (Å²) in [6, 6.07) is 0. The van der Waals surface area contributed by atoms with Gasteiger partial charge in [-0.3, -0.25) is 0 Å². The predicted molar refractivity (Wildman–Crippen MR) is 46.6 cm³/mol. The fraction of sp³-hybridized carbons (Fsp3) is 1.00. The van der Waals surface area contributed by atoms with Crippen molar-refractivity contribution in [3.63, 3.8) is 0 Å². The summed E-state index contributed by atoms with van der Waals surface area (Å²) in [7, 11) is 1.94. The molecule has 0 aliphatic heterocycles. The molecule has 0 saturated heterocycles. The summed E-state index contributed by atoms with van der Waals surface area (Å²) in [5.41, 5.74) is -0.332. The maximum absolute atomic E-state index is 9.96. The molecule has 0 unspecified atom stereocenters. The van der Waals surface area contributed by atoms with Crippen molar-refractivity contribution in [3.05, 3.63) is 0 Å². The Bertz CT molecular complexity index is 108. The first-order valence-electron chi connectivity index (χ1n) is 4.64. The minimum absolute atomic E-state index is 0.332. The van der Waals surface area contributed by atoms with E-state index in [1.54, 1.807) is 0 Å². The van der Waals surface area contributed by atoms with Crippen molar-refractivity contribution in [1.29, 1.82) is 0 Å². The number of aliphatic hydroxyl groups is 1. The Hall–Kier alpha value is -0.0800. The van der Waals surface area contributed by atoms with Crippen LogP contribution in [0.25, 0.3) is 0 Å². The fourth-order valence-electron chi connectivity index (χ4n) is 1.82. The maximum atomic E-state index is 9.96. The standard InChI is InChI=1S/C9H19NO/c1-10-8-7-9(11)5-3-2-4-6-9/h10-11H,2-8H2,1H3. The average molecular weight is 157 g/mol. The van der Waals surface area contributed by atoms with Gasteiger partial charge in [-0.05, 0) is 32.9 Å². The molecule has 0 atom stereocenters. The molecule has 0 amide bonds. The molecule has 1 rings (SSSR count). The zero-order valence-electron chi connectivity index (χ0n) is 7.40. The van der Waals surface area contributed by atoms with Gasteiger partial charge in [-0.25, -0.2) is 0 Å². The molecular weight excluding hydrogens is 138 g/mol. The zero-order valence-corrected chi connectivity index (χ0v) is 7.40. The molecule has 1 aliphatic rings. The molecule has 1 aliphatic carbocycles. The van der Waals surface area contributed by atoms with Crippen LogP contribution in [0, 0.1) is 0 Å². The van der Waals surface area contributed by atoms with Gasteiger partial charge in [-0.2, -0.15) is 0 Å². The normalized spacial score (nSPS) is 23.5. The molecular formula is C9H19NO. The number of nitrogens with one attached hydrogen (secondary N) is 1. The Morgan fingerprint density at radius 2 is 1.91 bits per heavy atom. The van der Waals surface area contributed by atoms with Crippen molar-refractivity contribution in [3.8, 4) is 0 Å². The highest BCUT2D eigenvalue weighted by molar-refractivity contribution is 4.82. The number of rotatable bonds is 3. The van der Waals surface area contributed by atoms with Crippen LogP contribution in [0.2, 0.25) is 0 Å². The van der Waals surface area contributed by atoms with E-state index < -0.39 is 0 Å². The third-order valence-electron chi connectivity index (χ3n) is 2.62. The Morgan fingerprint density at radius 1 is 1.27 bits per heavy atom. The Balaban J connectivity index is 2.25. The highest BCUT2D eigenvalue weighted by atomic mass is 16.3. The van der Waals surface area contributed by atoms with Crippen LogP contribution in [0.3, 0.4) is 0 Å².